The zero-order valence-corrected chi connectivity index (χ0v) is 10.7. The van der Waals surface area contributed by atoms with Gasteiger partial charge in [-0.1, -0.05) is 13.0 Å². The minimum atomic E-state index is -0.432. The summed E-state index contributed by atoms with van der Waals surface area (Å²) in [6, 6.07) is 5.66. The number of nitrogens with zero attached hydrogens (tertiary/aromatic N) is 1. The number of aliphatic hydroxyl groups excluding tert-OH is 1. The van der Waals surface area contributed by atoms with Gasteiger partial charge in [0.2, 0.25) is 6.79 Å². The van der Waals surface area contributed by atoms with E-state index in [1.165, 1.54) is 0 Å². The first-order valence-corrected chi connectivity index (χ1v) is 6.12. The van der Waals surface area contributed by atoms with Crippen LogP contribution in [-0.2, 0) is 6.42 Å². The molecule has 0 aliphatic carbocycles. The summed E-state index contributed by atoms with van der Waals surface area (Å²) in [6.07, 6.45) is 0.927. The van der Waals surface area contributed by atoms with Crippen LogP contribution in [0.1, 0.15) is 18.9 Å². The summed E-state index contributed by atoms with van der Waals surface area (Å²) in [5.74, 6) is 1.54. The molecule has 1 N–H and O–H groups in total. The summed E-state index contributed by atoms with van der Waals surface area (Å²) >= 11 is 0. The SMILES string of the molecule is CCC(O)C(Cc1ccc2c(c1)OCO2)N=P. The molecule has 0 fully saturated rings. The highest BCUT2D eigenvalue weighted by atomic mass is 31.0. The van der Waals surface area contributed by atoms with Gasteiger partial charge in [0.1, 0.15) is 0 Å². The number of fused-ring (bicyclic) bond motifs is 1. The molecule has 0 saturated carbocycles. The Balaban J connectivity index is 2.10. The molecular weight excluding hydrogens is 237 g/mol. The summed E-state index contributed by atoms with van der Waals surface area (Å²) in [5, 5.41) is 9.79. The molecule has 92 valence electrons. The number of ether oxygens (including phenoxy) is 2. The Kier molecular flexibility index (Phi) is 3.97. The van der Waals surface area contributed by atoms with Crippen molar-refractivity contribution in [2.45, 2.75) is 31.9 Å². The second-order valence-corrected chi connectivity index (χ2v) is 4.32. The summed E-state index contributed by atoms with van der Waals surface area (Å²) in [6.45, 7) is 2.22. The van der Waals surface area contributed by atoms with Crippen LogP contribution in [0.2, 0.25) is 0 Å². The van der Waals surface area contributed by atoms with Crippen molar-refractivity contribution in [2.75, 3.05) is 6.79 Å². The molecule has 0 aromatic heterocycles. The Morgan fingerprint density at radius 2 is 2.18 bits per heavy atom. The zero-order chi connectivity index (χ0) is 12.3. The van der Waals surface area contributed by atoms with Crippen molar-refractivity contribution in [2.24, 2.45) is 4.74 Å². The van der Waals surface area contributed by atoms with Crippen LogP contribution in [0.15, 0.2) is 22.9 Å². The molecule has 0 spiro atoms. The number of hydrogen-bond acceptors (Lipinski definition) is 4. The van der Waals surface area contributed by atoms with Crippen LogP contribution in [0.3, 0.4) is 0 Å². The van der Waals surface area contributed by atoms with Gasteiger partial charge >= 0.3 is 0 Å². The lowest BCUT2D eigenvalue weighted by atomic mass is 10.0. The van der Waals surface area contributed by atoms with E-state index < -0.39 is 6.10 Å². The molecule has 0 amide bonds. The topological polar surface area (TPSA) is 51.0 Å². The Bertz CT molecular complexity index is 411. The van der Waals surface area contributed by atoms with Crippen LogP contribution < -0.4 is 9.47 Å². The van der Waals surface area contributed by atoms with Gasteiger partial charge in [-0.2, -0.15) is 0 Å². The van der Waals surface area contributed by atoms with Gasteiger partial charge in [-0.05, 0) is 39.6 Å². The molecule has 4 nitrogen and oxygen atoms in total. The number of rotatable bonds is 5. The van der Waals surface area contributed by atoms with Gasteiger partial charge in [-0.15, -0.1) is 0 Å². The number of aliphatic hydroxyl groups is 1. The first kappa shape index (κ1) is 12.3. The van der Waals surface area contributed by atoms with Crippen LogP contribution in [0.5, 0.6) is 11.5 Å². The van der Waals surface area contributed by atoms with Crippen molar-refractivity contribution in [3.8, 4) is 11.5 Å². The lowest BCUT2D eigenvalue weighted by Gasteiger charge is -2.17. The van der Waals surface area contributed by atoms with E-state index in [1.807, 2.05) is 25.1 Å². The van der Waals surface area contributed by atoms with E-state index in [0.717, 1.165) is 17.1 Å². The highest BCUT2D eigenvalue weighted by Gasteiger charge is 2.19. The quantitative estimate of drug-likeness (QED) is 0.820. The molecule has 1 aromatic carbocycles. The summed E-state index contributed by atoms with van der Waals surface area (Å²) in [4.78, 5) is 0. The second kappa shape index (κ2) is 5.48. The molecule has 5 heteroatoms. The van der Waals surface area contributed by atoms with E-state index in [2.05, 4.69) is 13.8 Å². The van der Waals surface area contributed by atoms with Gasteiger partial charge in [0.15, 0.2) is 11.5 Å². The highest BCUT2D eigenvalue weighted by Crippen LogP contribution is 2.33. The third-order valence-corrected chi connectivity index (χ3v) is 3.24. The van der Waals surface area contributed by atoms with Gasteiger partial charge in [-0.25, -0.2) is 0 Å². The van der Waals surface area contributed by atoms with Crippen molar-refractivity contribution >= 4 is 9.03 Å². The van der Waals surface area contributed by atoms with Crippen LogP contribution in [0, 0.1) is 0 Å². The second-order valence-electron chi connectivity index (χ2n) is 4.06. The van der Waals surface area contributed by atoms with Gasteiger partial charge in [0.05, 0.1) is 12.1 Å². The van der Waals surface area contributed by atoms with Crippen molar-refractivity contribution in [3.63, 3.8) is 0 Å². The molecule has 17 heavy (non-hydrogen) atoms. The van der Waals surface area contributed by atoms with E-state index in [4.69, 9.17) is 9.47 Å². The third-order valence-electron chi connectivity index (χ3n) is 2.91. The molecule has 0 saturated heterocycles. The van der Waals surface area contributed by atoms with Crippen LogP contribution in [0.4, 0.5) is 0 Å². The maximum atomic E-state index is 9.79. The fourth-order valence-electron chi connectivity index (χ4n) is 1.85. The first-order valence-electron chi connectivity index (χ1n) is 5.67. The Labute approximate surface area is 103 Å². The van der Waals surface area contributed by atoms with Gasteiger partial charge < -0.3 is 14.6 Å². The largest absolute Gasteiger partial charge is 0.454 e. The number of benzene rings is 1. The van der Waals surface area contributed by atoms with Crippen LogP contribution in [0.25, 0.3) is 0 Å². The Morgan fingerprint density at radius 1 is 1.41 bits per heavy atom. The number of hydrogen-bond donors (Lipinski definition) is 1. The fraction of sp³-hybridized carbons (Fsp3) is 0.500. The normalized spacial score (nSPS) is 16.6. The molecule has 2 rings (SSSR count). The molecule has 1 aromatic rings. The van der Waals surface area contributed by atoms with Crippen molar-refractivity contribution in [3.05, 3.63) is 23.8 Å². The summed E-state index contributed by atoms with van der Waals surface area (Å²) in [7, 11) is 3.14. The minimum absolute atomic E-state index is 0.142. The fourth-order valence-corrected chi connectivity index (χ4v) is 2.11. The highest BCUT2D eigenvalue weighted by molar-refractivity contribution is 7.04. The van der Waals surface area contributed by atoms with E-state index >= 15 is 0 Å². The lowest BCUT2D eigenvalue weighted by Crippen LogP contribution is -2.24. The van der Waals surface area contributed by atoms with E-state index in [0.29, 0.717) is 12.8 Å². The predicted octanol–water partition coefficient (Wildman–Crippen LogP) is 2.42. The van der Waals surface area contributed by atoms with E-state index in [9.17, 15) is 5.11 Å². The molecule has 2 atom stereocenters. The monoisotopic (exact) mass is 253 g/mol. The molecule has 1 heterocycles. The first-order chi connectivity index (χ1) is 8.24. The Hall–Kier alpha value is -1.12. The lowest BCUT2D eigenvalue weighted by molar-refractivity contribution is 0.142. The van der Waals surface area contributed by atoms with Crippen molar-refractivity contribution in [1.82, 2.24) is 0 Å². The van der Waals surface area contributed by atoms with Gasteiger partial charge in [0, 0.05) is 0 Å². The third kappa shape index (κ3) is 2.76. The average molecular weight is 253 g/mol. The summed E-state index contributed by atoms with van der Waals surface area (Å²) < 4.78 is 14.6. The van der Waals surface area contributed by atoms with Crippen LogP contribution >= 0.6 is 9.03 Å². The zero-order valence-electron chi connectivity index (χ0n) is 9.72. The van der Waals surface area contributed by atoms with E-state index in [1.54, 1.807) is 0 Å². The maximum absolute atomic E-state index is 9.79. The maximum Gasteiger partial charge on any atom is 0.231 e. The molecular formula is C12H16NO3P. The molecule has 0 bridgehead atoms. The summed E-state index contributed by atoms with van der Waals surface area (Å²) in [5.41, 5.74) is 1.08. The predicted molar refractivity (Wildman–Crippen MR) is 67.1 cm³/mol. The standard InChI is InChI=1S/C12H16NO3P/c1-2-10(14)9(13-17)5-8-3-4-11-12(6-8)16-7-15-11/h3-4,6,9-10,14,17H,2,5,7H2,1H3. The van der Waals surface area contributed by atoms with Crippen molar-refractivity contribution in [1.29, 1.82) is 0 Å². The minimum Gasteiger partial charge on any atom is -0.454 e. The van der Waals surface area contributed by atoms with E-state index in [-0.39, 0.29) is 12.8 Å². The smallest absolute Gasteiger partial charge is 0.231 e. The van der Waals surface area contributed by atoms with Crippen LogP contribution in [-0.4, -0.2) is 24.0 Å². The molecule has 1 aliphatic rings. The average Bonchev–Trinajstić information content (AvgIpc) is 2.82. The van der Waals surface area contributed by atoms with Crippen molar-refractivity contribution < 1.29 is 14.6 Å². The molecule has 1 aliphatic heterocycles. The Morgan fingerprint density at radius 3 is 2.88 bits per heavy atom. The van der Waals surface area contributed by atoms with Gasteiger partial charge in [0.25, 0.3) is 0 Å². The molecule has 0 radical (unpaired) electrons. The van der Waals surface area contributed by atoms with Gasteiger partial charge in [-0.3, -0.25) is 4.74 Å². The molecule has 2 unspecified atom stereocenters.